The fraction of sp³-hybridized carbons (Fsp3) is 0.0909. The molecule has 1 heterocycles. The van der Waals surface area contributed by atoms with Gasteiger partial charge in [0, 0.05) is 16.8 Å². The highest BCUT2D eigenvalue weighted by Gasteiger charge is 2.06. The van der Waals surface area contributed by atoms with Gasteiger partial charge in [-0.15, -0.1) is 11.3 Å². The molecule has 2 aromatic rings. The van der Waals surface area contributed by atoms with E-state index < -0.39 is 0 Å². The van der Waals surface area contributed by atoms with Crippen LogP contribution in [0.25, 0.3) is 10.6 Å². The number of halogens is 1. The Morgan fingerprint density at radius 3 is 2.69 bits per heavy atom. The van der Waals surface area contributed by atoms with E-state index >= 15 is 0 Å². The second kappa shape index (κ2) is 4.63. The first kappa shape index (κ1) is 11.1. The molecule has 1 N–H and O–H groups in total. The maximum Gasteiger partial charge on any atom is 0.123 e. The maximum absolute atomic E-state index is 8.65. The lowest BCUT2D eigenvalue weighted by Crippen LogP contribution is -1.88. The topological polar surface area (TPSA) is 45.5 Å². The number of rotatable bonds is 2. The molecule has 0 saturated carbocycles. The minimum atomic E-state index is 0.567. The molecule has 0 aliphatic heterocycles. The van der Waals surface area contributed by atoms with Crippen LogP contribution in [0.5, 0.6) is 0 Å². The van der Waals surface area contributed by atoms with Crippen LogP contribution in [0.3, 0.4) is 0 Å². The van der Waals surface area contributed by atoms with Crippen LogP contribution in [-0.2, 0) is 0 Å². The number of hydrogen-bond donors (Lipinski definition) is 1. The van der Waals surface area contributed by atoms with Crippen molar-refractivity contribution < 1.29 is 5.21 Å². The molecule has 0 atom stereocenters. The highest BCUT2D eigenvalue weighted by molar-refractivity contribution is 7.17. The second-order valence-electron chi connectivity index (χ2n) is 3.22. The van der Waals surface area contributed by atoms with Gasteiger partial charge in [0.2, 0.25) is 0 Å². The van der Waals surface area contributed by atoms with Gasteiger partial charge in [-0.05, 0) is 19.1 Å². The average molecular weight is 253 g/mol. The summed E-state index contributed by atoms with van der Waals surface area (Å²) in [4.78, 5) is 5.12. The summed E-state index contributed by atoms with van der Waals surface area (Å²) >= 11 is 7.29. The van der Waals surface area contributed by atoms with Crippen LogP contribution in [0.4, 0.5) is 0 Å². The van der Waals surface area contributed by atoms with Crippen molar-refractivity contribution in [1.82, 2.24) is 4.98 Å². The van der Waals surface area contributed by atoms with Crippen molar-refractivity contribution in [2.75, 3.05) is 0 Å². The van der Waals surface area contributed by atoms with Gasteiger partial charge in [0.05, 0.1) is 10.6 Å². The Balaban J connectivity index is 2.35. The number of hydrogen-bond acceptors (Lipinski definition) is 4. The lowest BCUT2D eigenvalue weighted by atomic mass is 10.2. The average Bonchev–Trinajstić information content (AvgIpc) is 2.78. The summed E-state index contributed by atoms with van der Waals surface area (Å²) in [5, 5.41) is 13.4. The number of aromatic nitrogens is 1. The van der Waals surface area contributed by atoms with Gasteiger partial charge in [0.25, 0.3) is 0 Å². The zero-order valence-electron chi connectivity index (χ0n) is 8.51. The Labute approximate surface area is 102 Å². The standard InChI is InChI=1S/C11H9ClN2OS/c1-7(14-15)10-6-13-11(16-10)8-2-4-9(12)5-3-8/h2-6,15H,1H3/b14-7-. The first-order chi connectivity index (χ1) is 7.70. The van der Waals surface area contributed by atoms with E-state index in [1.807, 2.05) is 24.3 Å². The van der Waals surface area contributed by atoms with Crippen LogP contribution in [0.1, 0.15) is 11.8 Å². The number of thiazole rings is 1. The molecule has 0 fully saturated rings. The molecule has 16 heavy (non-hydrogen) atoms. The maximum atomic E-state index is 8.65. The normalized spacial score (nSPS) is 11.8. The first-order valence-corrected chi connectivity index (χ1v) is 5.81. The molecular formula is C11H9ClN2OS. The second-order valence-corrected chi connectivity index (χ2v) is 4.69. The Bertz CT molecular complexity index is 519. The summed E-state index contributed by atoms with van der Waals surface area (Å²) in [6, 6.07) is 7.47. The highest BCUT2D eigenvalue weighted by atomic mass is 35.5. The molecule has 5 heteroatoms. The monoisotopic (exact) mass is 252 g/mol. The van der Waals surface area contributed by atoms with E-state index in [1.165, 1.54) is 11.3 Å². The molecule has 0 radical (unpaired) electrons. The molecule has 82 valence electrons. The summed E-state index contributed by atoms with van der Waals surface area (Å²) in [6.07, 6.45) is 1.70. The van der Waals surface area contributed by atoms with Crippen molar-refractivity contribution in [2.45, 2.75) is 6.92 Å². The van der Waals surface area contributed by atoms with Crippen LogP contribution >= 0.6 is 22.9 Å². The third-order valence-corrected chi connectivity index (χ3v) is 3.51. The predicted octanol–water partition coefficient (Wildman–Crippen LogP) is 3.66. The van der Waals surface area contributed by atoms with Gasteiger partial charge >= 0.3 is 0 Å². The predicted molar refractivity (Wildman–Crippen MR) is 66.6 cm³/mol. The highest BCUT2D eigenvalue weighted by Crippen LogP contribution is 2.26. The Morgan fingerprint density at radius 2 is 2.06 bits per heavy atom. The molecule has 0 aliphatic carbocycles. The zero-order chi connectivity index (χ0) is 11.5. The summed E-state index contributed by atoms with van der Waals surface area (Å²) in [5.41, 5.74) is 1.57. The minimum absolute atomic E-state index is 0.567. The molecule has 3 nitrogen and oxygen atoms in total. The number of nitrogens with zero attached hydrogens (tertiary/aromatic N) is 2. The Morgan fingerprint density at radius 1 is 1.38 bits per heavy atom. The fourth-order valence-electron chi connectivity index (χ4n) is 1.22. The molecule has 1 aromatic carbocycles. The smallest absolute Gasteiger partial charge is 0.123 e. The zero-order valence-corrected chi connectivity index (χ0v) is 10.1. The van der Waals surface area contributed by atoms with Gasteiger partial charge in [-0.3, -0.25) is 0 Å². The van der Waals surface area contributed by atoms with Crippen LogP contribution in [0.15, 0.2) is 35.6 Å². The third kappa shape index (κ3) is 2.23. The van der Waals surface area contributed by atoms with Gasteiger partial charge in [-0.25, -0.2) is 4.98 Å². The molecule has 2 rings (SSSR count). The first-order valence-electron chi connectivity index (χ1n) is 4.61. The molecule has 0 spiro atoms. The molecule has 0 amide bonds. The lowest BCUT2D eigenvalue weighted by Gasteiger charge is -1.95. The number of oxime groups is 1. The van der Waals surface area contributed by atoms with Gasteiger partial charge in [0.15, 0.2) is 0 Å². The van der Waals surface area contributed by atoms with Crippen molar-refractivity contribution >= 4 is 28.6 Å². The summed E-state index contributed by atoms with van der Waals surface area (Å²) < 4.78 is 0. The van der Waals surface area contributed by atoms with Crippen LogP contribution in [0.2, 0.25) is 5.02 Å². The van der Waals surface area contributed by atoms with Crippen molar-refractivity contribution in [3.63, 3.8) is 0 Å². The molecule has 0 bridgehead atoms. The van der Waals surface area contributed by atoms with Crippen LogP contribution in [-0.4, -0.2) is 15.9 Å². The minimum Gasteiger partial charge on any atom is -0.411 e. The Kier molecular flexibility index (Phi) is 3.22. The molecule has 0 aliphatic rings. The van der Waals surface area contributed by atoms with E-state index in [4.69, 9.17) is 16.8 Å². The van der Waals surface area contributed by atoms with E-state index in [9.17, 15) is 0 Å². The number of benzene rings is 1. The Hall–Kier alpha value is -1.39. The van der Waals surface area contributed by atoms with Crippen molar-refractivity contribution in [3.05, 3.63) is 40.4 Å². The summed E-state index contributed by atoms with van der Waals surface area (Å²) in [5.74, 6) is 0. The van der Waals surface area contributed by atoms with Gasteiger partial charge in [-0.1, -0.05) is 28.9 Å². The van der Waals surface area contributed by atoms with Crippen molar-refractivity contribution in [3.8, 4) is 10.6 Å². The van der Waals surface area contributed by atoms with Crippen molar-refractivity contribution in [2.24, 2.45) is 5.16 Å². The lowest BCUT2D eigenvalue weighted by molar-refractivity contribution is 0.319. The van der Waals surface area contributed by atoms with E-state index in [2.05, 4.69) is 10.1 Å². The van der Waals surface area contributed by atoms with E-state index in [0.717, 1.165) is 15.4 Å². The van der Waals surface area contributed by atoms with Crippen molar-refractivity contribution in [1.29, 1.82) is 0 Å². The largest absolute Gasteiger partial charge is 0.411 e. The van der Waals surface area contributed by atoms with Crippen LogP contribution in [0, 0.1) is 0 Å². The summed E-state index contributed by atoms with van der Waals surface area (Å²) in [7, 11) is 0. The third-order valence-electron chi connectivity index (χ3n) is 2.10. The summed E-state index contributed by atoms with van der Waals surface area (Å²) in [6.45, 7) is 1.74. The molecule has 0 unspecified atom stereocenters. The van der Waals surface area contributed by atoms with E-state index in [0.29, 0.717) is 10.7 Å². The SMILES string of the molecule is C/C(=N/O)c1cnc(-c2ccc(Cl)cc2)s1. The van der Waals surface area contributed by atoms with E-state index in [-0.39, 0.29) is 0 Å². The quantitative estimate of drug-likeness (QED) is 0.504. The van der Waals surface area contributed by atoms with E-state index in [1.54, 1.807) is 13.1 Å². The molecule has 1 aromatic heterocycles. The van der Waals surface area contributed by atoms with Gasteiger partial charge < -0.3 is 5.21 Å². The van der Waals surface area contributed by atoms with Crippen LogP contribution < -0.4 is 0 Å². The van der Waals surface area contributed by atoms with Gasteiger partial charge in [-0.2, -0.15) is 0 Å². The molecular weight excluding hydrogens is 244 g/mol. The fourth-order valence-corrected chi connectivity index (χ4v) is 2.20. The molecule has 0 saturated heterocycles. The van der Waals surface area contributed by atoms with Gasteiger partial charge in [0.1, 0.15) is 5.01 Å².